The minimum absolute atomic E-state index is 0.146. The second-order valence-electron chi connectivity index (χ2n) is 4.26. The van der Waals surface area contributed by atoms with Crippen LogP contribution in [0.3, 0.4) is 0 Å². The van der Waals surface area contributed by atoms with E-state index in [1.165, 1.54) is 7.11 Å². The van der Waals surface area contributed by atoms with Crippen molar-refractivity contribution >= 4 is 15.9 Å². The van der Waals surface area contributed by atoms with Crippen LogP contribution < -0.4 is 5.56 Å². The summed E-state index contributed by atoms with van der Waals surface area (Å²) in [5, 5.41) is 10.1. The highest BCUT2D eigenvalue weighted by molar-refractivity contribution is 9.10. The second kappa shape index (κ2) is 6.19. The number of hydrogen-bond acceptors (Lipinski definition) is 4. The summed E-state index contributed by atoms with van der Waals surface area (Å²) >= 11 is 3.36. The highest BCUT2D eigenvalue weighted by Gasteiger charge is 2.18. The summed E-state index contributed by atoms with van der Waals surface area (Å²) in [6.45, 7) is 1.91. The van der Waals surface area contributed by atoms with E-state index in [4.69, 9.17) is 4.74 Å². The van der Waals surface area contributed by atoms with Crippen LogP contribution in [-0.4, -0.2) is 22.2 Å². The zero-order valence-electron chi connectivity index (χ0n) is 11.2. The van der Waals surface area contributed by atoms with Crippen molar-refractivity contribution in [2.45, 2.75) is 19.4 Å². The van der Waals surface area contributed by atoms with Gasteiger partial charge >= 0.3 is 0 Å². The van der Waals surface area contributed by atoms with Gasteiger partial charge in [0.1, 0.15) is 17.5 Å². The zero-order chi connectivity index (χ0) is 14.7. The lowest BCUT2D eigenvalue weighted by molar-refractivity contribution is 0.0918. The van der Waals surface area contributed by atoms with Gasteiger partial charge in [-0.1, -0.05) is 41.1 Å². The van der Waals surface area contributed by atoms with Crippen LogP contribution in [-0.2, 0) is 4.74 Å². The largest absolute Gasteiger partial charge is 0.493 e. The molecular formula is C14H15BrN2O3. The molecule has 1 aromatic heterocycles. The molecule has 0 saturated heterocycles. The Bertz CT molecular complexity index is 666. The minimum atomic E-state index is -0.394. The van der Waals surface area contributed by atoms with Crippen LogP contribution in [0, 0.1) is 0 Å². The number of halogens is 1. The molecular weight excluding hydrogens is 324 g/mol. The number of nitrogens with one attached hydrogen (secondary N) is 1. The van der Waals surface area contributed by atoms with E-state index in [1.807, 2.05) is 13.0 Å². The number of nitrogens with zero attached hydrogens (tertiary/aromatic N) is 1. The molecule has 106 valence electrons. The smallest absolute Gasteiger partial charge is 0.262 e. The molecule has 2 aromatic rings. The Hall–Kier alpha value is -1.66. The molecule has 1 heterocycles. The van der Waals surface area contributed by atoms with Crippen molar-refractivity contribution < 1.29 is 9.84 Å². The number of aromatic hydroxyl groups is 1. The maximum absolute atomic E-state index is 12.2. The average Bonchev–Trinajstić information content (AvgIpc) is 2.41. The number of H-pyrrole nitrogens is 1. The van der Waals surface area contributed by atoms with Crippen molar-refractivity contribution in [3.8, 4) is 17.0 Å². The number of aromatic nitrogens is 2. The van der Waals surface area contributed by atoms with Crippen LogP contribution in [0.4, 0.5) is 0 Å². The number of hydrogen-bond donors (Lipinski definition) is 2. The lowest BCUT2D eigenvalue weighted by Gasteiger charge is -2.13. The first-order valence-corrected chi connectivity index (χ1v) is 6.98. The summed E-state index contributed by atoms with van der Waals surface area (Å²) in [6, 6.07) is 7.16. The van der Waals surface area contributed by atoms with Crippen molar-refractivity contribution in [2.24, 2.45) is 0 Å². The molecule has 0 aliphatic carbocycles. The van der Waals surface area contributed by atoms with Crippen LogP contribution in [0.15, 0.2) is 33.5 Å². The molecule has 6 heteroatoms. The molecule has 5 nitrogen and oxygen atoms in total. The number of ether oxygens (including phenoxy) is 1. The third-order valence-corrected chi connectivity index (χ3v) is 3.71. The van der Waals surface area contributed by atoms with Gasteiger partial charge in [-0.15, -0.1) is 0 Å². The highest BCUT2D eigenvalue weighted by Crippen LogP contribution is 2.31. The summed E-state index contributed by atoms with van der Waals surface area (Å²) < 4.78 is 5.93. The standard InChI is InChI=1S/C14H15BrN2O3/c1-3-10(20-2)12-16-13(18)11(14(19)17-12)8-6-4-5-7-9(8)15/h4-7,10H,3H2,1-2H3,(H2,16,17,18,19). The predicted octanol–water partition coefficient (Wildman–Crippen LogP) is 3.00. The van der Waals surface area contributed by atoms with E-state index < -0.39 is 5.56 Å². The molecule has 1 unspecified atom stereocenters. The molecule has 0 saturated carbocycles. The quantitative estimate of drug-likeness (QED) is 0.898. The van der Waals surface area contributed by atoms with Gasteiger partial charge in [0.25, 0.3) is 5.56 Å². The van der Waals surface area contributed by atoms with Gasteiger partial charge in [0.15, 0.2) is 0 Å². The second-order valence-corrected chi connectivity index (χ2v) is 5.12. The first-order valence-electron chi connectivity index (χ1n) is 6.19. The molecule has 1 aromatic carbocycles. The summed E-state index contributed by atoms with van der Waals surface area (Å²) in [5.74, 6) is 0.0273. The Morgan fingerprint density at radius 2 is 2.15 bits per heavy atom. The van der Waals surface area contributed by atoms with Crippen LogP contribution in [0.1, 0.15) is 25.3 Å². The number of aromatic amines is 1. The van der Waals surface area contributed by atoms with Crippen molar-refractivity contribution in [3.05, 3.63) is 44.9 Å². The molecule has 20 heavy (non-hydrogen) atoms. The zero-order valence-corrected chi connectivity index (χ0v) is 12.8. The van der Waals surface area contributed by atoms with E-state index in [2.05, 4.69) is 25.9 Å². The monoisotopic (exact) mass is 338 g/mol. The Morgan fingerprint density at radius 3 is 2.70 bits per heavy atom. The van der Waals surface area contributed by atoms with E-state index in [0.717, 1.165) is 0 Å². The molecule has 2 N–H and O–H groups in total. The van der Waals surface area contributed by atoms with E-state index in [0.29, 0.717) is 22.3 Å². The third kappa shape index (κ3) is 2.76. The first kappa shape index (κ1) is 14.7. The average molecular weight is 339 g/mol. The Balaban J connectivity index is 2.58. The Morgan fingerprint density at radius 1 is 1.45 bits per heavy atom. The van der Waals surface area contributed by atoms with Gasteiger partial charge in [-0.3, -0.25) is 4.79 Å². The van der Waals surface area contributed by atoms with Gasteiger partial charge < -0.3 is 14.8 Å². The van der Waals surface area contributed by atoms with E-state index in [1.54, 1.807) is 18.2 Å². The lowest BCUT2D eigenvalue weighted by atomic mass is 10.1. The predicted molar refractivity (Wildman–Crippen MR) is 79.7 cm³/mol. The van der Waals surface area contributed by atoms with E-state index in [-0.39, 0.29) is 17.5 Å². The fourth-order valence-corrected chi connectivity index (χ4v) is 2.49. The van der Waals surface area contributed by atoms with Gasteiger partial charge in [0.2, 0.25) is 5.88 Å². The maximum Gasteiger partial charge on any atom is 0.262 e. The van der Waals surface area contributed by atoms with E-state index >= 15 is 0 Å². The maximum atomic E-state index is 12.2. The van der Waals surface area contributed by atoms with Crippen LogP contribution in [0.5, 0.6) is 5.88 Å². The molecule has 1 atom stereocenters. The summed E-state index contributed by atoms with van der Waals surface area (Å²) in [5.41, 5.74) is 0.345. The van der Waals surface area contributed by atoms with Crippen molar-refractivity contribution in [3.63, 3.8) is 0 Å². The van der Waals surface area contributed by atoms with Gasteiger partial charge in [-0.2, -0.15) is 4.98 Å². The minimum Gasteiger partial charge on any atom is -0.493 e. The van der Waals surface area contributed by atoms with E-state index in [9.17, 15) is 9.90 Å². The normalized spacial score (nSPS) is 12.3. The molecule has 0 amide bonds. The molecule has 0 radical (unpaired) electrons. The van der Waals surface area contributed by atoms with Gasteiger partial charge in [-0.05, 0) is 12.5 Å². The number of methoxy groups -OCH3 is 1. The third-order valence-electron chi connectivity index (χ3n) is 3.02. The first-order chi connectivity index (χ1) is 9.58. The van der Waals surface area contributed by atoms with Crippen molar-refractivity contribution in [1.29, 1.82) is 0 Å². The topological polar surface area (TPSA) is 75.2 Å². The van der Waals surface area contributed by atoms with Gasteiger partial charge in [0, 0.05) is 17.1 Å². The lowest BCUT2D eigenvalue weighted by Crippen LogP contribution is -2.17. The van der Waals surface area contributed by atoms with Crippen LogP contribution >= 0.6 is 15.9 Å². The summed E-state index contributed by atoms with van der Waals surface area (Å²) in [6.07, 6.45) is 0.301. The summed E-state index contributed by atoms with van der Waals surface area (Å²) in [7, 11) is 1.53. The van der Waals surface area contributed by atoms with Crippen LogP contribution in [0.2, 0.25) is 0 Å². The fraction of sp³-hybridized carbons (Fsp3) is 0.286. The Kier molecular flexibility index (Phi) is 4.57. The van der Waals surface area contributed by atoms with Crippen LogP contribution in [0.25, 0.3) is 11.1 Å². The number of benzene rings is 1. The van der Waals surface area contributed by atoms with Gasteiger partial charge in [-0.25, -0.2) is 0 Å². The van der Waals surface area contributed by atoms with Crippen molar-refractivity contribution in [1.82, 2.24) is 9.97 Å². The number of rotatable bonds is 4. The summed E-state index contributed by atoms with van der Waals surface area (Å²) in [4.78, 5) is 18.9. The highest BCUT2D eigenvalue weighted by atomic mass is 79.9. The van der Waals surface area contributed by atoms with Crippen molar-refractivity contribution in [2.75, 3.05) is 7.11 Å². The fourth-order valence-electron chi connectivity index (χ4n) is 2.01. The molecule has 0 aliphatic rings. The Labute approximate surface area is 124 Å². The molecule has 2 rings (SSSR count). The molecule has 0 fully saturated rings. The molecule has 0 aliphatic heterocycles. The molecule has 0 bridgehead atoms. The molecule has 0 spiro atoms. The van der Waals surface area contributed by atoms with Gasteiger partial charge in [0.05, 0.1) is 0 Å². The SMILES string of the molecule is CCC(OC)c1nc(O)c(-c2ccccc2Br)c(=O)[nH]1.